The fourth-order valence-electron chi connectivity index (χ4n) is 4.54. The molecule has 0 saturated carbocycles. The number of fused-ring (bicyclic) bond motifs is 6. The second kappa shape index (κ2) is 4.20. The van der Waals surface area contributed by atoms with E-state index in [9.17, 15) is 0 Å². The van der Waals surface area contributed by atoms with Crippen molar-refractivity contribution in [3.05, 3.63) is 70.8 Å². The molecule has 2 aliphatic heterocycles. The third kappa shape index (κ3) is 1.42. The predicted octanol–water partition coefficient (Wildman–Crippen LogP) is 3.75. The lowest BCUT2D eigenvalue weighted by Gasteiger charge is -2.54. The topological polar surface area (TPSA) is 3.24 Å². The van der Waals surface area contributed by atoms with E-state index in [-0.39, 0.29) is 5.54 Å². The molecule has 2 aromatic rings. The number of likely N-dealkylation sites (N-methyl/N-ethyl adjacent to an activating group) is 1. The first kappa shape index (κ1) is 12.2. The van der Waals surface area contributed by atoms with Crippen LogP contribution in [0.2, 0.25) is 0 Å². The van der Waals surface area contributed by atoms with Crippen LogP contribution < -0.4 is 0 Å². The average Bonchev–Trinajstić information content (AvgIpc) is 2.47. The van der Waals surface area contributed by atoms with Crippen LogP contribution in [0.4, 0.5) is 0 Å². The Kier molecular flexibility index (Phi) is 2.55. The zero-order valence-corrected chi connectivity index (χ0v) is 12.3. The lowest BCUT2D eigenvalue weighted by atomic mass is 9.68. The van der Waals surface area contributed by atoms with Crippen LogP contribution in [0.25, 0.3) is 0 Å². The smallest absolute Gasteiger partial charge is 0.0694 e. The third-order valence-electron chi connectivity index (χ3n) is 5.35. The number of rotatable bonds is 1. The number of benzene rings is 2. The molecule has 0 aliphatic carbocycles. The molecule has 1 nitrogen and oxygen atoms in total. The van der Waals surface area contributed by atoms with E-state index in [1.165, 1.54) is 24.0 Å². The first-order chi connectivity index (χ1) is 9.75. The molecule has 2 aromatic carbocycles. The molecule has 0 spiro atoms. The molecule has 0 aromatic heterocycles. The second-order valence-electron chi connectivity index (χ2n) is 6.23. The van der Waals surface area contributed by atoms with Gasteiger partial charge < -0.3 is 0 Å². The SMILES string of the molecule is CCN1C2Cc3ccccc3C1(C)c1ccccc1C2. The average molecular weight is 263 g/mol. The standard InChI is InChI=1S/C19H21N/c1-3-20-16-12-14-8-4-6-10-17(14)19(20,2)18-11-7-5-9-15(18)13-16/h4-11,16H,3,12-13H2,1-2H3. The summed E-state index contributed by atoms with van der Waals surface area (Å²) in [6.07, 6.45) is 2.38. The fourth-order valence-corrected chi connectivity index (χ4v) is 4.54. The Labute approximate surface area is 121 Å². The Morgan fingerprint density at radius 1 is 0.950 bits per heavy atom. The maximum absolute atomic E-state index is 2.71. The van der Waals surface area contributed by atoms with Crippen molar-refractivity contribution in [2.24, 2.45) is 0 Å². The van der Waals surface area contributed by atoms with Crippen molar-refractivity contribution in [2.45, 2.75) is 38.3 Å². The molecule has 0 atom stereocenters. The van der Waals surface area contributed by atoms with E-state index in [1.807, 2.05) is 0 Å². The van der Waals surface area contributed by atoms with Crippen LogP contribution >= 0.6 is 0 Å². The summed E-state index contributed by atoms with van der Waals surface area (Å²) in [7, 11) is 0. The van der Waals surface area contributed by atoms with E-state index in [2.05, 4.69) is 67.3 Å². The van der Waals surface area contributed by atoms with Crippen molar-refractivity contribution in [3.8, 4) is 0 Å². The molecule has 1 heteroatoms. The summed E-state index contributed by atoms with van der Waals surface area (Å²) in [5.74, 6) is 0. The predicted molar refractivity (Wildman–Crippen MR) is 82.9 cm³/mol. The Hall–Kier alpha value is -1.60. The van der Waals surface area contributed by atoms with Gasteiger partial charge in [-0.25, -0.2) is 0 Å². The number of hydrogen-bond donors (Lipinski definition) is 0. The fraction of sp³-hybridized carbons (Fsp3) is 0.368. The summed E-state index contributed by atoms with van der Waals surface area (Å²) < 4.78 is 0. The summed E-state index contributed by atoms with van der Waals surface area (Å²) in [5, 5.41) is 0. The van der Waals surface area contributed by atoms with Gasteiger partial charge in [0.15, 0.2) is 0 Å². The highest BCUT2D eigenvalue weighted by Crippen LogP contribution is 2.48. The molecule has 2 heterocycles. The van der Waals surface area contributed by atoms with Gasteiger partial charge in [-0.15, -0.1) is 0 Å². The van der Waals surface area contributed by atoms with Gasteiger partial charge in [0.05, 0.1) is 5.54 Å². The van der Waals surface area contributed by atoms with Crippen LogP contribution in [0, 0.1) is 0 Å². The van der Waals surface area contributed by atoms with E-state index >= 15 is 0 Å². The third-order valence-corrected chi connectivity index (χ3v) is 5.35. The lowest BCUT2D eigenvalue weighted by Crippen LogP contribution is -2.58. The van der Waals surface area contributed by atoms with Gasteiger partial charge >= 0.3 is 0 Å². The van der Waals surface area contributed by atoms with Gasteiger partial charge in [-0.2, -0.15) is 0 Å². The van der Waals surface area contributed by atoms with Crippen LogP contribution in [-0.2, 0) is 18.4 Å². The monoisotopic (exact) mass is 263 g/mol. The minimum absolute atomic E-state index is 0.0447. The number of nitrogens with zero attached hydrogens (tertiary/aromatic N) is 1. The molecule has 0 saturated heterocycles. The van der Waals surface area contributed by atoms with Crippen molar-refractivity contribution in [3.63, 3.8) is 0 Å². The molecule has 4 rings (SSSR count). The molecule has 2 bridgehead atoms. The normalized spacial score (nSPS) is 27.8. The van der Waals surface area contributed by atoms with Crippen molar-refractivity contribution in [1.82, 2.24) is 4.90 Å². The van der Waals surface area contributed by atoms with Crippen LogP contribution in [0.15, 0.2) is 48.5 Å². The Morgan fingerprint density at radius 3 is 1.95 bits per heavy atom. The van der Waals surface area contributed by atoms with E-state index < -0.39 is 0 Å². The minimum atomic E-state index is 0.0447. The van der Waals surface area contributed by atoms with Crippen molar-refractivity contribution < 1.29 is 0 Å². The Bertz CT molecular complexity index is 609. The first-order valence-electron chi connectivity index (χ1n) is 7.68. The molecule has 20 heavy (non-hydrogen) atoms. The van der Waals surface area contributed by atoms with Crippen LogP contribution in [0.5, 0.6) is 0 Å². The highest BCUT2D eigenvalue weighted by atomic mass is 15.2. The molecule has 2 aliphatic rings. The molecule has 102 valence electrons. The lowest BCUT2D eigenvalue weighted by molar-refractivity contribution is 0.0597. The summed E-state index contributed by atoms with van der Waals surface area (Å²) in [4.78, 5) is 2.71. The molecule has 0 N–H and O–H groups in total. The molecule has 0 unspecified atom stereocenters. The highest BCUT2D eigenvalue weighted by molar-refractivity contribution is 5.50. The summed E-state index contributed by atoms with van der Waals surface area (Å²) in [5.41, 5.74) is 6.14. The van der Waals surface area contributed by atoms with Gasteiger partial charge in [-0.1, -0.05) is 55.5 Å². The van der Waals surface area contributed by atoms with Gasteiger partial charge in [0.1, 0.15) is 0 Å². The minimum Gasteiger partial charge on any atom is -0.287 e. The second-order valence-corrected chi connectivity index (χ2v) is 6.23. The first-order valence-corrected chi connectivity index (χ1v) is 7.68. The quantitative estimate of drug-likeness (QED) is 0.757. The molecule has 0 amide bonds. The Morgan fingerprint density at radius 2 is 1.45 bits per heavy atom. The Balaban J connectivity index is 2.04. The van der Waals surface area contributed by atoms with Crippen LogP contribution in [0.3, 0.4) is 0 Å². The van der Waals surface area contributed by atoms with Crippen LogP contribution in [0.1, 0.15) is 36.1 Å². The van der Waals surface area contributed by atoms with Crippen molar-refractivity contribution >= 4 is 0 Å². The molecular weight excluding hydrogens is 242 g/mol. The summed E-state index contributed by atoms with van der Waals surface area (Å²) in [6, 6.07) is 18.7. The van der Waals surface area contributed by atoms with Gasteiger partial charge in [-0.3, -0.25) is 4.90 Å². The molecular formula is C19H21N. The van der Waals surface area contributed by atoms with Gasteiger partial charge in [0, 0.05) is 6.04 Å². The van der Waals surface area contributed by atoms with Gasteiger partial charge in [0.2, 0.25) is 0 Å². The van der Waals surface area contributed by atoms with E-state index in [0.29, 0.717) is 6.04 Å². The van der Waals surface area contributed by atoms with Gasteiger partial charge in [0.25, 0.3) is 0 Å². The van der Waals surface area contributed by atoms with Crippen LogP contribution in [-0.4, -0.2) is 17.5 Å². The van der Waals surface area contributed by atoms with Crippen molar-refractivity contribution in [1.29, 1.82) is 0 Å². The molecule has 0 fully saturated rings. The van der Waals surface area contributed by atoms with Crippen molar-refractivity contribution in [2.75, 3.05) is 6.54 Å². The number of hydrogen-bond acceptors (Lipinski definition) is 1. The maximum Gasteiger partial charge on any atom is 0.0694 e. The molecule has 0 radical (unpaired) electrons. The largest absolute Gasteiger partial charge is 0.287 e. The zero-order chi connectivity index (χ0) is 13.7. The summed E-state index contributed by atoms with van der Waals surface area (Å²) >= 11 is 0. The van der Waals surface area contributed by atoms with E-state index in [0.717, 1.165) is 6.54 Å². The zero-order valence-electron chi connectivity index (χ0n) is 12.3. The maximum atomic E-state index is 2.71. The van der Waals surface area contributed by atoms with Gasteiger partial charge in [-0.05, 0) is 48.6 Å². The van der Waals surface area contributed by atoms with E-state index in [4.69, 9.17) is 0 Å². The van der Waals surface area contributed by atoms with E-state index in [1.54, 1.807) is 11.1 Å². The highest BCUT2D eigenvalue weighted by Gasteiger charge is 2.47. The summed E-state index contributed by atoms with van der Waals surface area (Å²) in [6.45, 7) is 5.83.